The Morgan fingerprint density at radius 2 is 1.93 bits per heavy atom. The normalized spacial score (nSPS) is 30.6. The molecule has 3 heteroatoms. The fourth-order valence-electron chi connectivity index (χ4n) is 2.01. The first-order chi connectivity index (χ1) is 6.66. The first-order valence-electron chi connectivity index (χ1n) is 5.63. The van der Waals surface area contributed by atoms with Gasteiger partial charge in [-0.2, -0.15) is 23.5 Å². The molecule has 1 nitrogen and oxygen atoms in total. The zero-order chi connectivity index (χ0) is 10.6. The molecular weight excluding hydrogens is 210 g/mol. The highest BCUT2D eigenvalue weighted by atomic mass is 32.2. The van der Waals surface area contributed by atoms with Gasteiger partial charge in [0, 0.05) is 28.0 Å². The number of rotatable bonds is 4. The van der Waals surface area contributed by atoms with E-state index in [9.17, 15) is 0 Å². The van der Waals surface area contributed by atoms with Crippen molar-refractivity contribution in [1.29, 1.82) is 0 Å². The predicted molar refractivity (Wildman–Crippen MR) is 70.5 cm³/mol. The first kappa shape index (κ1) is 12.7. The minimum atomic E-state index is 0.688. The molecule has 0 aromatic carbocycles. The van der Waals surface area contributed by atoms with Crippen molar-refractivity contribution in [2.75, 3.05) is 18.1 Å². The molecule has 1 aliphatic heterocycles. The number of hydrogen-bond donors (Lipinski definition) is 1. The molecule has 0 radical (unpaired) electrons. The van der Waals surface area contributed by atoms with E-state index in [1.807, 2.05) is 0 Å². The van der Waals surface area contributed by atoms with E-state index in [0.717, 1.165) is 23.0 Å². The van der Waals surface area contributed by atoms with Gasteiger partial charge in [-0.05, 0) is 12.5 Å². The molecule has 1 N–H and O–H groups in total. The van der Waals surface area contributed by atoms with E-state index in [4.69, 9.17) is 0 Å². The van der Waals surface area contributed by atoms with Gasteiger partial charge in [0.1, 0.15) is 0 Å². The highest BCUT2D eigenvalue weighted by Crippen LogP contribution is 2.34. The van der Waals surface area contributed by atoms with E-state index in [1.54, 1.807) is 0 Å². The van der Waals surface area contributed by atoms with Crippen LogP contribution in [0.2, 0.25) is 0 Å². The molecular formula is C11H23NS2. The van der Waals surface area contributed by atoms with Crippen LogP contribution in [0.15, 0.2) is 0 Å². The summed E-state index contributed by atoms with van der Waals surface area (Å²) in [4.78, 5) is 0. The van der Waals surface area contributed by atoms with Crippen molar-refractivity contribution in [1.82, 2.24) is 5.32 Å². The first-order valence-corrected chi connectivity index (χ1v) is 7.73. The summed E-state index contributed by atoms with van der Waals surface area (Å²) in [5.74, 6) is 3.40. The number of nitrogens with one attached hydrogen (secondary N) is 1. The molecule has 84 valence electrons. The average molecular weight is 233 g/mol. The molecule has 0 aromatic heterocycles. The van der Waals surface area contributed by atoms with Crippen LogP contribution in [-0.4, -0.2) is 34.6 Å². The van der Waals surface area contributed by atoms with Gasteiger partial charge >= 0.3 is 0 Å². The second kappa shape index (κ2) is 6.29. The van der Waals surface area contributed by atoms with E-state index in [2.05, 4.69) is 56.5 Å². The van der Waals surface area contributed by atoms with Gasteiger partial charge in [0.2, 0.25) is 0 Å². The fraction of sp³-hybridized carbons (Fsp3) is 1.00. The minimum Gasteiger partial charge on any atom is -0.313 e. The van der Waals surface area contributed by atoms with E-state index in [1.165, 1.54) is 11.5 Å². The molecule has 1 aliphatic rings. The lowest BCUT2D eigenvalue weighted by Gasteiger charge is -2.37. The van der Waals surface area contributed by atoms with Crippen LogP contribution in [0.3, 0.4) is 0 Å². The molecule has 0 aliphatic carbocycles. The van der Waals surface area contributed by atoms with Crippen molar-refractivity contribution in [3.8, 4) is 0 Å². The fourth-order valence-corrected chi connectivity index (χ4v) is 5.14. The molecule has 1 saturated heterocycles. The Morgan fingerprint density at radius 1 is 1.29 bits per heavy atom. The maximum atomic E-state index is 3.65. The standard InChI is InChI=1S/C11H23NS2/c1-5-12-10(8(2)3)11-9(4)13-6-7-14-11/h8-12H,5-7H2,1-4H3. The second-order valence-electron chi connectivity index (χ2n) is 4.24. The average Bonchev–Trinajstić information content (AvgIpc) is 2.15. The van der Waals surface area contributed by atoms with Crippen LogP contribution >= 0.6 is 23.5 Å². The summed E-state index contributed by atoms with van der Waals surface area (Å²) in [5.41, 5.74) is 0. The maximum Gasteiger partial charge on any atom is 0.0320 e. The molecule has 1 fully saturated rings. The van der Waals surface area contributed by atoms with Gasteiger partial charge in [-0.3, -0.25) is 0 Å². The highest BCUT2D eigenvalue weighted by Gasteiger charge is 2.31. The third-order valence-corrected chi connectivity index (χ3v) is 5.96. The van der Waals surface area contributed by atoms with Crippen LogP contribution in [-0.2, 0) is 0 Å². The summed E-state index contributed by atoms with van der Waals surface area (Å²) in [7, 11) is 0. The van der Waals surface area contributed by atoms with Crippen molar-refractivity contribution < 1.29 is 0 Å². The zero-order valence-electron chi connectivity index (χ0n) is 9.75. The van der Waals surface area contributed by atoms with Gasteiger partial charge in [-0.25, -0.2) is 0 Å². The Labute approximate surface area is 97.2 Å². The Hall–Kier alpha value is 0.660. The zero-order valence-corrected chi connectivity index (χ0v) is 11.4. The molecule has 3 atom stereocenters. The summed E-state index contributed by atoms with van der Waals surface area (Å²) >= 11 is 4.30. The van der Waals surface area contributed by atoms with E-state index < -0.39 is 0 Å². The van der Waals surface area contributed by atoms with E-state index in [-0.39, 0.29) is 0 Å². The third kappa shape index (κ3) is 3.35. The summed E-state index contributed by atoms with van der Waals surface area (Å²) in [6, 6.07) is 0.688. The van der Waals surface area contributed by atoms with Crippen LogP contribution in [0.5, 0.6) is 0 Å². The van der Waals surface area contributed by atoms with Crippen molar-refractivity contribution in [3.63, 3.8) is 0 Å². The van der Waals surface area contributed by atoms with Gasteiger partial charge in [0.25, 0.3) is 0 Å². The highest BCUT2D eigenvalue weighted by molar-refractivity contribution is 8.07. The molecule has 14 heavy (non-hydrogen) atoms. The van der Waals surface area contributed by atoms with E-state index in [0.29, 0.717) is 6.04 Å². The van der Waals surface area contributed by atoms with Crippen LogP contribution in [0, 0.1) is 5.92 Å². The summed E-state index contributed by atoms with van der Waals surface area (Å²) in [5, 5.41) is 5.25. The number of thioether (sulfide) groups is 2. The summed E-state index contributed by atoms with van der Waals surface area (Å²) in [6.45, 7) is 10.4. The lowest BCUT2D eigenvalue weighted by molar-refractivity contribution is 0.393. The Bertz CT molecular complexity index is 159. The van der Waals surface area contributed by atoms with Crippen LogP contribution in [0.4, 0.5) is 0 Å². The molecule has 0 saturated carbocycles. The van der Waals surface area contributed by atoms with Crippen molar-refractivity contribution >= 4 is 23.5 Å². The largest absolute Gasteiger partial charge is 0.313 e. The van der Waals surface area contributed by atoms with Crippen molar-refractivity contribution in [2.45, 2.75) is 44.2 Å². The van der Waals surface area contributed by atoms with E-state index >= 15 is 0 Å². The number of hydrogen-bond acceptors (Lipinski definition) is 3. The van der Waals surface area contributed by atoms with Gasteiger partial charge in [-0.15, -0.1) is 0 Å². The lowest BCUT2D eigenvalue weighted by atomic mass is 9.99. The van der Waals surface area contributed by atoms with Crippen LogP contribution in [0.1, 0.15) is 27.7 Å². The lowest BCUT2D eigenvalue weighted by Crippen LogP contribution is -2.47. The minimum absolute atomic E-state index is 0.688. The Balaban J connectivity index is 2.55. The van der Waals surface area contributed by atoms with Crippen molar-refractivity contribution in [3.05, 3.63) is 0 Å². The smallest absolute Gasteiger partial charge is 0.0320 e. The summed E-state index contributed by atoms with van der Waals surface area (Å²) < 4.78 is 0. The monoisotopic (exact) mass is 233 g/mol. The maximum absolute atomic E-state index is 3.65. The quantitative estimate of drug-likeness (QED) is 0.802. The molecule has 0 spiro atoms. The molecule has 1 heterocycles. The SMILES string of the molecule is CCNC(C(C)C)C1SCCSC1C. The predicted octanol–water partition coefficient (Wildman–Crippen LogP) is 2.86. The topological polar surface area (TPSA) is 12.0 Å². The third-order valence-electron chi connectivity index (χ3n) is 2.75. The van der Waals surface area contributed by atoms with Gasteiger partial charge in [-0.1, -0.05) is 27.7 Å². The van der Waals surface area contributed by atoms with Gasteiger partial charge in [0.05, 0.1) is 0 Å². The molecule has 0 amide bonds. The Kier molecular flexibility index (Phi) is 5.72. The van der Waals surface area contributed by atoms with Gasteiger partial charge in [0.15, 0.2) is 0 Å². The molecule has 0 bridgehead atoms. The second-order valence-corrected chi connectivity index (χ2v) is 7.01. The molecule has 1 rings (SSSR count). The van der Waals surface area contributed by atoms with Gasteiger partial charge < -0.3 is 5.32 Å². The molecule has 0 aromatic rings. The van der Waals surface area contributed by atoms with Crippen molar-refractivity contribution in [2.24, 2.45) is 5.92 Å². The Morgan fingerprint density at radius 3 is 2.43 bits per heavy atom. The van der Waals surface area contributed by atoms with Crippen LogP contribution in [0.25, 0.3) is 0 Å². The summed E-state index contributed by atoms with van der Waals surface area (Å²) in [6.07, 6.45) is 0. The molecule has 3 unspecified atom stereocenters. The van der Waals surface area contributed by atoms with Crippen LogP contribution < -0.4 is 5.32 Å².